The number of aromatic amines is 5. The van der Waals surface area contributed by atoms with Gasteiger partial charge in [0.15, 0.2) is 0 Å². The summed E-state index contributed by atoms with van der Waals surface area (Å²) in [5.41, 5.74) is 12.9. The highest BCUT2D eigenvalue weighted by Crippen LogP contribution is 2.43. The van der Waals surface area contributed by atoms with Crippen LogP contribution in [0.2, 0.25) is 20.1 Å². The van der Waals surface area contributed by atoms with Gasteiger partial charge in [-0.1, -0.05) is 77.6 Å². The first-order valence-corrected chi connectivity index (χ1v) is 38.2. The number of alkyl halides is 3. The van der Waals surface area contributed by atoms with Gasteiger partial charge >= 0.3 is 6.36 Å². The van der Waals surface area contributed by atoms with E-state index in [0.29, 0.717) is 70.7 Å². The number of halogens is 7. The second-order valence-corrected chi connectivity index (χ2v) is 30.8. The Labute approximate surface area is 634 Å². The molecule has 9 heterocycles. The summed E-state index contributed by atoms with van der Waals surface area (Å²) < 4.78 is 66.1. The Morgan fingerprint density at radius 2 is 1.04 bits per heavy atom. The monoisotopic (exact) mass is 1560 g/mol. The molecule has 0 atom stereocenters. The number of benzene rings is 7. The van der Waals surface area contributed by atoms with E-state index in [1.807, 2.05) is 128 Å². The minimum absolute atomic E-state index is 0.00253. The van der Waals surface area contributed by atoms with Crippen LogP contribution in [0.5, 0.6) is 5.75 Å². The quantitative estimate of drug-likeness (QED) is 0.0702. The van der Waals surface area contributed by atoms with Gasteiger partial charge in [-0.3, -0.25) is 44.7 Å². The zero-order valence-electron chi connectivity index (χ0n) is 59.4. The van der Waals surface area contributed by atoms with Crippen LogP contribution in [0, 0.1) is 5.92 Å². The number of likely N-dealkylation sites (tertiary alicyclic amines) is 1. The summed E-state index contributed by atoms with van der Waals surface area (Å²) in [6.07, 6.45) is 12.5. The van der Waals surface area contributed by atoms with Crippen molar-refractivity contribution in [2.24, 2.45) is 5.92 Å². The van der Waals surface area contributed by atoms with Crippen LogP contribution in [-0.2, 0) is 29.2 Å². The van der Waals surface area contributed by atoms with Gasteiger partial charge in [0.1, 0.15) is 11.5 Å². The summed E-state index contributed by atoms with van der Waals surface area (Å²) in [7, 11) is 0.458. The Morgan fingerprint density at radius 1 is 0.598 bits per heavy atom. The lowest BCUT2D eigenvalue weighted by Gasteiger charge is -2.44. The summed E-state index contributed by atoms with van der Waals surface area (Å²) in [4.78, 5) is 54.3. The standard InChI is InChI=1S/C16H19ClN4O.C16H14ClN3O.C15H12ClN3O.C15H18ClN3O.C14H16F3N3O3S/c1-20-15(22)2-3-16(20)4-6-21(7-5-16)14-9-11(17)8-13-12(14)10-18-19-13;1-10(21)20(2)13-5-3-11(4-6-13)14-7-12(17)8-16-15(14)9-18-19-16;1-9(20)18-12-4-2-10(3-5-12)13-6-11(16)7-15-14(13)8-17-19-15;1-2-15(20)10-3-5-19(6-4-10)14-8-11(16)7-13-12(14)9-17-18-13;1-24(21,22)20-4-2-9(3-5-20)11-6-10(23-14(15,16)17)7-13-12(11)8-18-19-13/h8-10H,2-7H2,1H3,(H,18,19);3-9H,1-2H3,(H,18,19);2-8H,1H3,(H,17,19)(H,18,20);7-10H,2-6H2,1H3,(H,17,18);6-9H,2-5H2,1H3,(H,18,19). The number of nitrogens with zero attached hydrogens (tertiary/aromatic N) is 10. The van der Waals surface area contributed by atoms with Gasteiger partial charge in [0.2, 0.25) is 27.7 Å². The molecule has 4 aliphatic rings. The minimum Gasteiger partial charge on any atom is -0.406 e. The molecule has 1 spiro atoms. The molecule has 0 saturated carbocycles. The summed E-state index contributed by atoms with van der Waals surface area (Å²) in [6.45, 7) is 9.34. The molecule has 31 heteroatoms. The summed E-state index contributed by atoms with van der Waals surface area (Å²) in [5.74, 6) is 0.466. The van der Waals surface area contributed by atoms with E-state index < -0.39 is 16.4 Å². The molecule has 0 aliphatic carbocycles. The van der Waals surface area contributed by atoms with Crippen LogP contribution in [0.15, 0.2) is 140 Å². The minimum atomic E-state index is -4.77. The highest BCUT2D eigenvalue weighted by atomic mass is 35.5. The maximum atomic E-state index is 12.5. The number of aromatic nitrogens is 10. The van der Waals surface area contributed by atoms with Gasteiger partial charge < -0.3 is 29.7 Å². The number of hydrogen-bond donors (Lipinski definition) is 6. The first-order chi connectivity index (χ1) is 51.1. The molecular weight excluding hydrogens is 1480 g/mol. The number of sulfonamides is 1. The van der Waals surface area contributed by atoms with Crippen LogP contribution in [0.4, 0.5) is 35.9 Å². The molecule has 0 bridgehead atoms. The van der Waals surface area contributed by atoms with Crippen molar-refractivity contribution in [2.45, 2.75) is 96.4 Å². The van der Waals surface area contributed by atoms with Crippen molar-refractivity contribution in [3.8, 4) is 28.0 Å². The first-order valence-electron chi connectivity index (χ1n) is 34.8. The fourth-order valence-electron chi connectivity index (χ4n) is 14.5. The Kier molecular flexibility index (Phi) is 23.5. The lowest BCUT2D eigenvalue weighted by atomic mass is 9.85. The second-order valence-electron chi connectivity index (χ2n) is 27.0. The van der Waals surface area contributed by atoms with Crippen molar-refractivity contribution in [1.82, 2.24) is 60.2 Å². The number of carbonyl (C=O) groups excluding carboxylic acids is 4. The largest absolute Gasteiger partial charge is 0.573 e. The Morgan fingerprint density at radius 3 is 1.48 bits per heavy atom. The SMILES string of the molecule is CC(=O)N(C)c1ccc(-c2cc(Cl)cc3[nH]ncc23)cc1.CC(=O)Nc1ccc(-c2cc(Cl)cc3[nH]ncc23)cc1.CCC(=O)C1CCN(c2cc(Cl)cc3[nH]ncc23)CC1.CN1C(=O)CCC12CCN(c1cc(Cl)cc3[nH]ncc13)CC2.CS(=O)(=O)N1CCC(c2cc(OC(F)(F)F)cc3[nH]ncc23)CC1. The molecule has 23 nitrogen and oxygen atoms in total. The van der Waals surface area contributed by atoms with Gasteiger partial charge in [0.05, 0.1) is 64.8 Å². The normalized spacial score (nSPS) is 15.7. The van der Waals surface area contributed by atoms with Crippen molar-refractivity contribution >= 4 is 157 Å². The summed E-state index contributed by atoms with van der Waals surface area (Å²) >= 11 is 24.7. The van der Waals surface area contributed by atoms with E-state index in [4.69, 9.17) is 46.4 Å². The molecule has 7 aromatic carbocycles. The number of hydrogen-bond acceptors (Lipinski definition) is 14. The Bertz CT molecular complexity index is 5320. The van der Waals surface area contributed by atoms with E-state index in [0.717, 1.165) is 164 Å². The maximum Gasteiger partial charge on any atom is 0.573 e. The number of piperidine rings is 3. The van der Waals surface area contributed by atoms with E-state index in [-0.39, 0.29) is 40.8 Å². The van der Waals surface area contributed by atoms with Crippen molar-refractivity contribution in [3.05, 3.63) is 166 Å². The number of fused-ring (bicyclic) bond motifs is 5. The molecule has 0 unspecified atom stereocenters. The highest BCUT2D eigenvalue weighted by Gasteiger charge is 2.45. The van der Waals surface area contributed by atoms with Crippen molar-refractivity contribution in [2.75, 3.05) is 79.6 Å². The third kappa shape index (κ3) is 18.1. The molecule has 560 valence electrons. The average Bonchev–Trinajstić information content (AvgIpc) is 1.78. The Hall–Kier alpha value is -9.77. The molecule has 3 amide bonds. The zero-order chi connectivity index (χ0) is 76.1. The van der Waals surface area contributed by atoms with Crippen LogP contribution in [-0.4, -0.2) is 164 Å². The van der Waals surface area contributed by atoms with E-state index in [9.17, 15) is 40.8 Å². The number of rotatable bonds is 11. The third-order valence-corrected chi connectivity index (χ3v) is 22.5. The van der Waals surface area contributed by atoms with Gasteiger partial charge in [-0.25, -0.2) is 12.7 Å². The number of nitrogens with one attached hydrogen (secondary N) is 6. The van der Waals surface area contributed by atoms with Gasteiger partial charge in [-0.15, -0.1) is 13.2 Å². The van der Waals surface area contributed by atoms with Crippen molar-refractivity contribution < 1.29 is 45.5 Å². The number of amides is 3. The summed E-state index contributed by atoms with van der Waals surface area (Å²) in [6, 6.07) is 33.4. The number of H-pyrrole nitrogens is 5. The molecule has 16 rings (SSSR count). The number of ketones is 1. The molecule has 5 aromatic heterocycles. The number of carbonyl (C=O) groups is 4. The zero-order valence-corrected chi connectivity index (χ0v) is 63.3. The average molecular weight is 1560 g/mol. The Balaban J connectivity index is 0.000000125. The molecule has 12 aromatic rings. The molecule has 4 fully saturated rings. The first kappa shape index (κ1) is 76.9. The molecule has 4 aliphatic heterocycles. The van der Waals surface area contributed by atoms with Crippen LogP contribution in [0.1, 0.15) is 90.0 Å². The fourth-order valence-corrected chi connectivity index (χ4v) is 16.2. The van der Waals surface area contributed by atoms with E-state index in [1.54, 1.807) is 37.5 Å². The highest BCUT2D eigenvalue weighted by molar-refractivity contribution is 7.88. The fraction of sp³-hybridized carbons (Fsp3) is 0.329. The van der Waals surface area contributed by atoms with Gasteiger partial charge in [-0.05, 0) is 158 Å². The number of Topliss-reactive ketones (excluding diaryl/α,β-unsaturated/α-hetero) is 1. The second kappa shape index (κ2) is 32.8. The van der Waals surface area contributed by atoms with Crippen LogP contribution >= 0.6 is 46.4 Å². The van der Waals surface area contributed by atoms with Crippen LogP contribution in [0.3, 0.4) is 0 Å². The molecule has 107 heavy (non-hydrogen) atoms. The molecule has 6 N–H and O–H groups in total. The van der Waals surface area contributed by atoms with Gasteiger partial charge in [0, 0.05) is 167 Å². The van der Waals surface area contributed by atoms with Gasteiger partial charge in [0.25, 0.3) is 0 Å². The van der Waals surface area contributed by atoms with Crippen molar-refractivity contribution in [3.63, 3.8) is 0 Å². The van der Waals surface area contributed by atoms with Crippen LogP contribution in [0.25, 0.3) is 76.8 Å². The predicted octanol–water partition coefficient (Wildman–Crippen LogP) is 16.5. The van der Waals surface area contributed by atoms with Gasteiger partial charge in [-0.2, -0.15) is 25.5 Å². The number of ether oxygens (including phenoxy) is 1. The van der Waals surface area contributed by atoms with E-state index in [1.165, 1.54) is 23.4 Å². The smallest absolute Gasteiger partial charge is 0.406 e. The maximum absolute atomic E-state index is 12.5. The number of anilines is 4. The lowest BCUT2D eigenvalue weighted by Crippen LogP contribution is -2.51. The van der Waals surface area contributed by atoms with Crippen molar-refractivity contribution in [1.29, 1.82) is 0 Å². The topological polar surface area (TPSA) is 283 Å². The lowest BCUT2D eigenvalue weighted by molar-refractivity contribution is -0.274. The molecule has 0 radical (unpaired) electrons. The predicted molar refractivity (Wildman–Crippen MR) is 416 cm³/mol. The molecule has 4 saturated heterocycles. The molecular formula is C76H79Cl4F3N16O7S. The summed E-state index contributed by atoms with van der Waals surface area (Å²) in [5, 5.41) is 45.1. The van der Waals surface area contributed by atoms with E-state index >= 15 is 0 Å². The van der Waals surface area contributed by atoms with E-state index in [2.05, 4.69) is 70.8 Å². The third-order valence-electron chi connectivity index (χ3n) is 20.3. The van der Waals surface area contributed by atoms with Crippen LogP contribution < -0.4 is 24.8 Å².